The Balaban J connectivity index is 1.87. The summed E-state index contributed by atoms with van der Waals surface area (Å²) in [5.41, 5.74) is 0.195. The van der Waals surface area contributed by atoms with E-state index in [2.05, 4.69) is 25.5 Å². The predicted molar refractivity (Wildman–Crippen MR) is 64.1 cm³/mol. The number of rotatable bonds is 4. The van der Waals surface area contributed by atoms with E-state index in [-0.39, 0.29) is 16.8 Å². The first-order chi connectivity index (χ1) is 8.66. The van der Waals surface area contributed by atoms with Crippen LogP contribution in [0.1, 0.15) is 16.3 Å². The number of nitrogens with zero attached hydrogens (tertiary/aromatic N) is 5. The molecule has 8 heteroatoms. The van der Waals surface area contributed by atoms with Gasteiger partial charge in [-0.25, -0.2) is 4.98 Å². The van der Waals surface area contributed by atoms with Gasteiger partial charge in [-0.2, -0.15) is 0 Å². The Hall–Kier alpha value is -2.02. The highest BCUT2D eigenvalue weighted by molar-refractivity contribution is 6.29. The maximum Gasteiger partial charge on any atom is 0.271 e. The smallest absolute Gasteiger partial charge is 0.271 e. The fourth-order valence-corrected chi connectivity index (χ4v) is 1.51. The molecule has 1 amide bonds. The highest BCUT2D eigenvalue weighted by atomic mass is 35.5. The standard InChI is InChI=1S/C10H11ClN6O/c1-17-6-14-16-9(17)2-3-13-10(18)7-4-12-5-8(11)15-7/h4-6H,2-3H2,1H3,(H,13,18). The summed E-state index contributed by atoms with van der Waals surface area (Å²) in [6.07, 6.45) is 4.94. The first-order valence-corrected chi connectivity index (χ1v) is 5.63. The first kappa shape index (κ1) is 12.4. The molecule has 0 saturated carbocycles. The second kappa shape index (κ2) is 5.54. The number of hydrogen-bond acceptors (Lipinski definition) is 5. The van der Waals surface area contributed by atoms with Crippen LogP contribution < -0.4 is 5.32 Å². The second-order valence-corrected chi connectivity index (χ2v) is 3.98. The molecule has 0 aliphatic heterocycles. The maximum atomic E-state index is 11.7. The van der Waals surface area contributed by atoms with Crippen molar-refractivity contribution < 1.29 is 4.79 Å². The molecule has 94 valence electrons. The molecule has 2 aromatic rings. The van der Waals surface area contributed by atoms with E-state index in [0.29, 0.717) is 13.0 Å². The van der Waals surface area contributed by atoms with Crippen LogP contribution in [-0.2, 0) is 13.5 Å². The molecule has 0 atom stereocenters. The molecule has 0 spiro atoms. The summed E-state index contributed by atoms with van der Waals surface area (Å²) in [7, 11) is 1.85. The SMILES string of the molecule is Cn1cnnc1CCNC(=O)c1cncc(Cl)n1. The van der Waals surface area contributed by atoms with Crippen LogP contribution in [0.2, 0.25) is 5.15 Å². The van der Waals surface area contributed by atoms with E-state index in [1.54, 1.807) is 10.9 Å². The van der Waals surface area contributed by atoms with Crippen LogP contribution in [0.5, 0.6) is 0 Å². The van der Waals surface area contributed by atoms with Crippen LogP contribution in [0.25, 0.3) is 0 Å². The third kappa shape index (κ3) is 3.01. The average molecular weight is 267 g/mol. The van der Waals surface area contributed by atoms with Gasteiger partial charge in [0.2, 0.25) is 0 Å². The summed E-state index contributed by atoms with van der Waals surface area (Å²) in [4.78, 5) is 19.4. The van der Waals surface area contributed by atoms with Crippen molar-refractivity contribution in [2.75, 3.05) is 6.54 Å². The molecule has 0 aliphatic carbocycles. The molecule has 1 N–H and O–H groups in total. The number of carbonyl (C=O) groups is 1. The molecule has 7 nitrogen and oxygen atoms in total. The summed E-state index contributed by atoms with van der Waals surface area (Å²) in [6, 6.07) is 0. The quantitative estimate of drug-likeness (QED) is 0.856. The lowest BCUT2D eigenvalue weighted by Crippen LogP contribution is -2.27. The van der Waals surface area contributed by atoms with E-state index in [1.165, 1.54) is 12.4 Å². The zero-order chi connectivity index (χ0) is 13.0. The molecular formula is C10H11ClN6O. The lowest BCUT2D eigenvalue weighted by Gasteiger charge is -2.04. The van der Waals surface area contributed by atoms with Gasteiger partial charge in [-0.3, -0.25) is 9.78 Å². The van der Waals surface area contributed by atoms with Gasteiger partial charge in [0, 0.05) is 20.0 Å². The summed E-state index contributed by atoms with van der Waals surface area (Å²) >= 11 is 5.65. The minimum absolute atomic E-state index is 0.191. The molecule has 0 aromatic carbocycles. The predicted octanol–water partition coefficient (Wildman–Crippen LogP) is 0.231. The van der Waals surface area contributed by atoms with Crippen LogP contribution in [0.15, 0.2) is 18.7 Å². The summed E-state index contributed by atoms with van der Waals surface area (Å²) in [5.74, 6) is 0.486. The van der Waals surface area contributed by atoms with Crippen LogP contribution in [0, 0.1) is 0 Å². The van der Waals surface area contributed by atoms with Crippen molar-refractivity contribution in [1.82, 2.24) is 30.0 Å². The largest absolute Gasteiger partial charge is 0.350 e. The van der Waals surface area contributed by atoms with Gasteiger partial charge in [0.05, 0.1) is 12.4 Å². The van der Waals surface area contributed by atoms with Gasteiger partial charge < -0.3 is 9.88 Å². The molecule has 2 heterocycles. The van der Waals surface area contributed by atoms with Crippen LogP contribution in [0.4, 0.5) is 0 Å². The Morgan fingerprint density at radius 3 is 3.00 bits per heavy atom. The van der Waals surface area contributed by atoms with E-state index < -0.39 is 0 Å². The monoisotopic (exact) mass is 266 g/mol. The number of aryl methyl sites for hydroxylation is 1. The highest BCUT2D eigenvalue weighted by Gasteiger charge is 2.08. The van der Waals surface area contributed by atoms with E-state index in [1.807, 2.05) is 7.05 Å². The number of aromatic nitrogens is 5. The van der Waals surface area contributed by atoms with Gasteiger partial charge in [0.1, 0.15) is 23.0 Å². The molecule has 0 bridgehead atoms. The van der Waals surface area contributed by atoms with Gasteiger partial charge in [-0.05, 0) is 0 Å². The van der Waals surface area contributed by atoms with Crippen LogP contribution in [0.3, 0.4) is 0 Å². The van der Waals surface area contributed by atoms with Crippen molar-refractivity contribution in [2.45, 2.75) is 6.42 Å². The minimum Gasteiger partial charge on any atom is -0.350 e. The third-order valence-corrected chi connectivity index (χ3v) is 2.46. The molecule has 2 aromatic heterocycles. The molecule has 2 rings (SSSR count). The summed E-state index contributed by atoms with van der Waals surface area (Å²) < 4.78 is 1.80. The van der Waals surface area contributed by atoms with Gasteiger partial charge in [-0.1, -0.05) is 11.6 Å². The molecular weight excluding hydrogens is 256 g/mol. The lowest BCUT2D eigenvalue weighted by atomic mass is 10.3. The molecule has 0 saturated heterocycles. The van der Waals surface area contributed by atoms with E-state index >= 15 is 0 Å². The Kier molecular flexibility index (Phi) is 3.83. The topological polar surface area (TPSA) is 85.6 Å². The Morgan fingerprint density at radius 2 is 2.33 bits per heavy atom. The van der Waals surface area contributed by atoms with Crippen molar-refractivity contribution in [2.24, 2.45) is 7.05 Å². The van der Waals surface area contributed by atoms with Crippen molar-refractivity contribution in [3.05, 3.63) is 35.4 Å². The molecule has 0 radical (unpaired) electrons. The van der Waals surface area contributed by atoms with Crippen molar-refractivity contribution in [3.63, 3.8) is 0 Å². The van der Waals surface area contributed by atoms with Crippen LogP contribution in [-0.4, -0.2) is 37.2 Å². The average Bonchev–Trinajstić information content (AvgIpc) is 2.75. The first-order valence-electron chi connectivity index (χ1n) is 5.25. The van der Waals surface area contributed by atoms with Crippen molar-refractivity contribution in [1.29, 1.82) is 0 Å². The number of amides is 1. The Bertz CT molecular complexity index is 555. The Labute approximate surface area is 108 Å². The highest BCUT2D eigenvalue weighted by Crippen LogP contribution is 2.02. The number of nitrogens with one attached hydrogen (secondary N) is 1. The molecule has 0 unspecified atom stereocenters. The van der Waals surface area contributed by atoms with Crippen molar-refractivity contribution in [3.8, 4) is 0 Å². The fourth-order valence-electron chi connectivity index (χ4n) is 1.36. The van der Waals surface area contributed by atoms with E-state index in [9.17, 15) is 4.79 Å². The van der Waals surface area contributed by atoms with Crippen LogP contribution >= 0.6 is 11.6 Å². The van der Waals surface area contributed by atoms with E-state index in [4.69, 9.17) is 11.6 Å². The number of carbonyl (C=O) groups excluding carboxylic acids is 1. The fraction of sp³-hybridized carbons (Fsp3) is 0.300. The third-order valence-electron chi connectivity index (χ3n) is 2.28. The molecule has 0 aliphatic rings. The normalized spacial score (nSPS) is 10.3. The zero-order valence-electron chi connectivity index (χ0n) is 9.67. The number of hydrogen-bond donors (Lipinski definition) is 1. The summed E-state index contributed by atoms with van der Waals surface area (Å²) in [6.45, 7) is 0.444. The van der Waals surface area contributed by atoms with Gasteiger partial charge in [0.15, 0.2) is 0 Å². The molecule has 0 fully saturated rings. The van der Waals surface area contributed by atoms with Gasteiger partial charge >= 0.3 is 0 Å². The van der Waals surface area contributed by atoms with Gasteiger partial charge in [-0.15, -0.1) is 10.2 Å². The minimum atomic E-state index is -0.313. The zero-order valence-corrected chi connectivity index (χ0v) is 10.4. The van der Waals surface area contributed by atoms with Crippen molar-refractivity contribution >= 4 is 17.5 Å². The van der Waals surface area contributed by atoms with E-state index in [0.717, 1.165) is 5.82 Å². The van der Waals surface area contributed by atoms with Gasteiger partial charge in [0.25, 0.3) is 5.91 Å². The maximum absolute atomic E-state index is 11.7. The number of halogens is 1. The molecule has 18 heavy (non-hydrogen) atoms. The Morgan fingerprint density at radius 1 is 1.50 bits per heavy atom. The summed E-state index contributed by atoms with van der Waals surface area (Å²) in [5, 5.41) is 10.6. The second-order valence-electron chi connectivity index (χ2n) is 3.59. The lowest BCUT2D eigenvalue weighted by molar-refractivity contribution is 0.0948.